The van der Waals surface area contributed by atoms with E-state index in [2.05, 4.69) is 27.7 Å². The van der Waals surface area contributed by atoms with Gasteiger partial charge in [0.2, 0.25) is 5.91 Å². The maximum Gasteiger partial charge on any atom is 0.253 e. The minimum atomic E-state index is -0.185. The van der Waals surface area contributed by atoms with E-state index in [4.69, 9.17) is 9.47 Å². The quantitative estimate of drug-likeness (QED) is 0.588. The van der Waals surface area contributed by atoms with Crippen molar-refractivity contribution in [3.63, 3.8) is 0 Å². The zero-order chi connectivity index (χ0) is 23.8. The molecule has 0 aromatic heterocycles. The molecule has 2 amide bonds. The summed E-state index contributed by atoms with van der Waals surface area (Å²) in [5, 5.41) is 5.95. The number of anilines is 1. The van der Waals surface area contributed by atoms with E-state index in [1.807, 2.05) is 31.2 Å². The van der Waals surface area contributed by atoms with Crippen LogP contribution in [-0.2, 0) is 16.1 Å². The molecule has 2 aliphatic rings. The Morgan fingerprint density at radius 3 is 2.68 bits per heavy atom. The van der Waals surface area contributed by atoms with Crippen LogP contribution in [0.5, 0.6) is 5.75 Å². The number of nitrogens with zero attached hydrogens (tertiary/aromatic N) is 1. The second kappa shape index (κ2) is 12.0. The number of rotatable bonds is 9. The Kier molecular flexibility index (Phi) is 8.55. The summed E-state index contributed by atoms with van der Waals surface area (Å²) in [6, 6.07) is 15.4. The fourth-order valence-electron chi connectivity index (χ4n) is 4.64. The SMILES string of the molecule is CCOc1cccc(CN2CCC(C(=O)Nc3ccccc3C(=O)NCC3CCCO3)CC2)c1. The fourth-order valence-corrected chi connectivity index (χ4v) is 4.64. The number of para-hydroxylation sites is 1. The summed E-state index contributed by atoms with van der Waals surface area (Å²) in [5.41, 5.74) is 2.27. The number of hydrogen-bond donors (Lipinski definition) is 2. The number of piperidine rings is 1. The summed E-state index contributed by atoms with van der Waals surface area (Å²) in [7, 11) is 0. The third-order valence-corrected chi connectivity index (χ3v) is 6.52. The highest BCUT2D eigenvalue weighted by Crippen LogP contribution is 2.23. The highest BCUT2D eigenvalue weighted by molar-refractivity contribution is 6.04. The van der Waals surface area contributed by atoms with Crippen molar-refractivity contribution in [2.75, 3.05) is 38.2 Å². The van der Waals surface area contributed by atoms with Crippen molar-refractivity contribution in [3.05, 3.63) is 59.7 Å². The van der Waals surface area contributed by atoms with Crippen molar-refractivity contribution >= 4 is 17.5 Å². The van der Waals surface area contributed by atoms with Crippen LogP contribution in [0.25, 0.3) is 0 Å². The van der Waals surface area contributed by atoms with Crippen LogP contribution in [0.15, 0.2) is 48.5 Å². The second-order valence-electron chi connectivity index (χ2n) is 9.01. The summed E-state index contributed by atoms with van der Waals surface area (Å²) < 4.78 is 11.2. The molecule has 2 saturated heterocycles. The third kappa shape index (κ3) is 6.58. The largest absolute Gasteiger partial charge is 0.494 e. The van der Waals surface area contributed by atoms with Gasteiger partial charge >= 0.3 is 0 Å². The lowest BCUT2D eigenvalue weighted by atomic mass is 9.95. The van der Waals surface area contributed by atoms with Crippen LogP contribution in [0.4, 0.5) is 5.69 Å². The molecule has 2 N–H and O–H groups in total. The van der Waals surface area contributed by atoms with Gasteiger partial charge in [0, 0.05) is 25.6 Å². The molecule has 2 aliphatic heterocycles. The van der Waals surface area contributed by atoms with Crippen molar-refractivity contribution in [1.82, 2.24) is 10.2 Å². The summed E-state index contributed by atoms with van der Waals surface area (Å²) in [6.45, 7) is 6.46. The number of carbonyl (C=O) groups is 2. The molecule has 182 valence electrons. The van der Waals surface area contributed by atoms with E-state index in [1.165, 1.54) is 5.56 Å². The van der Waals surface area contributed by atoms with E-state index in [0.29, 0.717) is 24.4 Å². The minimum absolute atomic E-state index is 0.0163. The van der Waals surface area contributed by atoms with Gasteiger partial charge in [0.1, 0.15) is 5.75 Å². The lowest BCUT2D eigenvalue weighted by molar-refractivity contribution is -0.121. The lowest BCUT2D eigenvalue weighted by Gasteiger charge is -2.31. The van der Waals surface area contributed by atoms with Crippen LogP contribution in [0.1, 0.15) is 48.5 Å². The van der Waals surface area contributed by atoms with Crippen LogP contribution < -0.4 is 15.4 Å². The van der Waals surface area contributed by atoms with E-state index < -0.39 is 0 Å². The van der Waals surface area contributed by atoms with Gasteiger partial charge in [0.25, 0.3) is 5.91 Å². The highest BCUT2D eigenvalue weighted by atomic mass is 16.5. The number of hydrogen-bond acceptors (Lipinski definition) is 5. The van der Waals surface area contributed by atoms with Crippen molar-refractivity contribution in [2.24, 2.45) is 5.92 Å². The maximum atomic E-state index is 13.0. The monoisotopic (exact) mass is 465 g/mol. The fraction of sp³-hybridized carbons (Fsp3) is 0.481. The van der Waals surface area contributed by atoms with Gasteiger partial charge in [-0.05, 0) is 75.5 Å². The van der Waals surface area contributed by atoms with Crippen LogP contribution in [-0.4, -0.2) is 55.7 Å². The molecule has 0 aliphatic carbocycles. The van der Waals surface area contributed by atoms with Gasteiger partial charge in [0.05, 0.1) is 24.0 Å². The Balaban J connectivity index is 1.28. The zero-order valence-electron chi connectivity index (χ0n) is 19.9. The average Bonchev–Trinajstić information content (AvgIpc) is 3.38. The van der Waals surface area contributed by atoms with Crippen molar-refractivity contribution < 1.29 is 19.1 Å². The van der Waals surface area contributed by atoms with Crippen LogP contribution >= 0.6 is 0 Å². The molecule has 2 fully saturated rings. The van der Waals surface area contributed by atoms with E-state index in [-0.39, 0.29) is 23.8 Å². The van der Waals surface area contributed by atoms with Crippen molar-refractivity contribution in [3.8, 4) is 5.75 Å². The number of ether oxygens (including phenoxy) is 2. The molecular formula is C27H35N3O4. The molecule has 2 heterocycles. The molecule has 2 aromatic carbocycles. The lowest BCUT2D eigenvalue weighted by Crippen LogP contribution is -2.38. The smallest absolute Gasteiger partial charge is 0.253 e. The number of benzene rings is 2. The van der Waals surface area contributed by atoms with Gasteiger partial charge in [-0.2, -0.15) is 0 Å². The van der Waals surface area contributed by atoms with Crippen LogP contribution in [0.2, 0.25) is 0 Å². The molecule has 7 heteroatoms. The van der Waals surface area contributed by atoms with E-state index in [0.717, 1.165) is 57.7 Å². The first kappa shape index (κ1) is 24.2. The Morgan fingerprint density at radius 1 is 1.09 bits per heavy atom. The molecule has 2 aromatic rings. The summed E-state index contributed by atoms with van der Waals surface area (Å²) in [6.07, 6.45) is 3.67. The third-order valence-electron chi connectivity index (χ3n) is 6.52. The second-order valence-corrected chi connectivity index (χ2v) is 9.01. The number of likely N-dealkylation sites (tertiary alicyclic amines) is 1. The van der Waals surface area contributed by atoms with Crippen LogP contribution in [0.3, 0.4) is 0 Å². The first-order valence-corrected chi connectivity index (χ1v) is 12.4. The van der Waals surface area contributed by atoms with Crippen molar-refractivity contribution in [1.29, 1.82) is 0 Å². The minimum Gasteiger partial charge on any atom is -0.494 e. The predicted octanol–water partition coefficient (Wildman–Crippen LogP) is 3.84. The zero-order valence-corrected chi connectivity index (χ0v) is 19.9. The molecule has 7 nitrogen and oxygen atoms in total. The Hall–Kier alpha value is -2.90. The van der Waals surface area contributed by atoms with E-state index in [1.54, 1.807) is 12.1 Å². The van der Waals surface area contributed by atoms with Gasteiger partial charge in [-0.3, -0.25) is 14.5 Å². The molecule has 0 bridgehead atoms. The first-order valence-electron chi connectivity index (χ1n) is 12.4. The summed E-state index contributed by atoms with van der Waals surface area (Å²) in [4.78, 5) is 28.1. The standard InChI is InChI=1S/C27H35N3O4/c1-2-33-22-8-5-7-20(17-22)19-30-14-12-21(13-15-30)26(31)29-25-11-4-3-10-24(25)27(32)28-18-23-9-6-16-34-23/h3-5,7-8,10-11,17,21,23H,2,6,9,12-16,18-19H2,1H3,(H,28,32)(H,29,31). The van der Waals surface area contributed by atoms with Gasteiger partial charge < -0.3 is 20.1 Å². The number of carbonyl (C=O) groups excluding carboxylic acids is 2. The van der Waals surface area contributed by atoms with Gasteiger partial charge in [-0.1, -0.05) is 24.3 Å². The topological polar surface area (TPSA) is 79.9 Å². The van der Waals surface area contributed by atoms with Crippen molar-refractivity contribution in [2.45, 2.75) is 45.3 Å². The Labute approximate surface area is 201 Å². The van der Waals surface area contributed by atoms with E-state index in [9.17, 15) is 9.59 Å². The predicted molar refractivity (Wildman–Crippen MR) is 132 cm³/mol. The Bertz CT molecular complexity index is 966. The maximum absolute atomic E-state index is 13.0. The molecule has 0 spiro atoms. The summed E-state index contributed by atoms with van der Waals surface area (Å²) in [5.74, 6) is 0.634. The summed E-state index contributed by atoms with van der Waals surface area (Å²) >= 11 is 0. The normalized spacial score (nSPS) is 19.0. The van der Waals surface area contributed by atoms with E-state index >= 15 is 0 Å². The Morgan fingerprint density at radius 2 is 1.91 bits per heavy atom. The molecule has 1 unspecified atom stereocenters. The highest BCUT2D eigenvalue weighted by Gasteiger charge is 2.26. The molecule has 4 rings (SSSR count). The molecule has 34 heavy (non-hydrogen) atoms. The first-order chi connectivity index (χ1) is 16.6. The van der Waals surface area contributed by atoms with Crippen LogP contribution in [0, 0.1) is 5.92 Å². The molecule has 0 radical (unpaired) electrons. The van der Waals surface area contributed by atoms with Gasteiger partial charge in [0.15, 0.2) is 0 Å². The average molecular weight is 466 g/mol. The number of nitrogens with one attached hydrogen (secondary N) is 2. The van der Waals surface area contributed by atoms with Gasteiger partial charge in [-0.25, -0.2) is 0 Å². The van der Waals surface area contributed by atoms with Gasteiger partial charge in [-0.15, -0.1) is 0 Å². The molecule has 1 atom stereocenters. The molecule has 0 saturated carbocycles. The number of amides is 2. The molecular weight excluding hydrogens is 430 g/mol.